The lowest BCUT2D eigenvalue weighted by Gasteiger charge is -2.33. The molecule has 0 saturated carbocycles. The van der Waals surface area contributed by atoms with Gasteiger partial charge in [0, 0.05) is 36.7 Å². The highest BCUT2D eigenvalue weighted by Crippen LogP contribution is 2.39. The van der Waals surface area contributed by atoms with Crippen LogP contribution in [0.4, 0.5) is 0 Å². The van der Waals surface area contributed by atoms with Crippen molar-refractivity contribution >= 4 is 27.5 Å². The average molecular weight is 466 g/mol. The van der Waals surface area contributed by atoms with Crippen LogP contribution in [0.3, 0.4) is 0 Å². The Kier molecular flexibility index (Phi) is 6.51. The van der Waals surface area contributed by atoms with Crippen LogP contribution < -0.4 is 9.47 Å². The van der Waals surface area contributed by atoms with Crippen molar-refractivity contribution in [1.29, 1.82) is 0 Å². The number of carbonyl (C=O) groups is 1. The summed E-state index contributed by atoms with van der Waals surface area (Å²) >= 11 is 1.80. The number of para-hydroxylation sites is 1. The standard InChI is InChI=1S/C26H31N3O3S/c1-31-19-9-10-20(23(16-19)32-2)22-7-5-13-29(22)17-25(30)28-14-11-18(12-15-28)26-27-21-6-3-4-8-24(21)33-26/h3-4,6,8-10,16,18,22H,5,7,11-15,17H2,1-2H3/t22-/m0/s1. The Morgan fingerprint density at radius 2 is 1.88 bits per heavy atom. The van der Waals surface area contributed by atoms with E-state index in [4.69, 9.17) is 14.5 Å². The van der Waals surface area contributed by atoms with Crippen LogP contribution in [0.1, 0.15) is 48.2 Å². The molecule has 1 atom stereocenters. The number of fused-ring (bicyclic) bond motifs is 1. The third-order valence-electron chi connectivity index (χ3n) is 7.01. The second-order valence-electron chi connectivity index (χ2n) is 8.91. The van der Waals surface area contributed by atoms with Crippen LogP contribution in [0.25, 0.3) is 10.2 Å². The number of nitrogens with zero attached hydrogens (tertiary/aromatic N) is 3. The molecule has 1 aromatic heterocycles. The van der Waals surface area contributed by atoms with Crippen molar-refractivity contribution in [2.45, 2.75) is 37.6 Å². The van der Waals surface area contributed by atoms with Crippen LogP contribution >= 0.6 is 11.3 Å². The maximum atomic E-state index is 13.2. The minimum absolute atomic E-state index is 0.204. The predicted octanol–water partition coefficient (Wildman–Crippen LogP) is 4.86. The quantitative estimate of drug-likeness (QED) is 0.521. The highest BCUT2D eigenvalue weighted by molar-refractivity contribution is 7.18. The number of carbonyl (C=O) groups excluding carboxylic acids is 1. The van der Waals surface area contributed by atoms with Crippen molar-refractivity contribution in [3.05, 3.63) is 53.0 Å². The lowest BCUT2D eigenvalue weighted by atomic mass is 9.97. The molecule has 2 aliphatic heterocycles. The summed E-state index contributed by atoms with van der Waals surface area (Å²) in [5.74, 6) is 2.30. The lowest BCUT2D eigenvalue weighted by Crippen LogP contribution is -2.43. The monoisotopic (exact) mass is 465 g/mol. The van der Waals surface area contributed by atoms with Crippen LogP contribution in [0, 0.1) is 0 Å². The van der Waals surface area contributed by atoms with Crippen LogP contribution in [0.5, 0.6) is 11.5 Å². The summed E-state index contributed by atoms with van der Waals surface area (Å²) in [6.07, 6.45) is 4.10. The van der Waals surface area contributed by atoms with Crippen molar-refractivity contribution < 1.29 is 14.3 Å². The largest absolute Gasteiger partial charge is 0.497 e. The van der Waals surface area contributed by atoms with Gasteiger partial charge >= 0.3 is 0 Å². The summed E-state index contributed by atoms with van der Waals surface area (Å²) in [4.78, 5) is 22.4. The fraction of sp³-hybridized carbons (Fsp3) is 0.462. The van der Waals surface area contributed by atoms with Gasteiger partial charge in [0.2, 0.25) is 5.91 Å². The number of methoxy groups -OCH3 is 2. The normalized spacial score (nSPS) is 19.8. The van der Waals surface area contributed by atoms with E-state index in [2.05, 4.69) is 29.2 Å². The predicted molar refractivity (Wildman–Crippen MR) is 131 cm³/mol. The van der Waals surface area contributed by atoms with E-state index in [0.29, 0.717) is 12.5 Å². The van der Waals surface area contributed by atoms with Crippen LogP contribution in [-0.2, 0) is 4.79 Å². The first-order chi connectivity index (χ1) is 16.2. The minimum Gasteiger partial charge on any atom is -0.497 e. The van der Waals surface area contributed by atoms with E-state index < -0.39 is 0 Å². The van der Waals surface area contributed by atoms with Crippen molar-refractivity contribution in [1.82, 2.24) is 14.8 Å². The van der Waals surface area contributed by atoms with Gasteiger partial charge in [-0.1, -0.05) is 18.2 Å². The third-order valence-corrected chi connectivity index (χ3v) is 8.21. The third kappa shape index (κ3) is 4.57. The maximum Gasteiger partial charge on any atom is 0.236 e. The number of aromatic nitrogens is 1. The number of amides is 1. The molecule has 2 aromatic carbocycles. The second-order valence-corrected chi connectivity index (χ2v) is 9.97. The number of hydrogen-bond donors (Lipinski definition) is 0. The van der Waals surface area contributed by atoms with Gasteiger partial charge in [-0.25, -0.2) is 4.98 Å². The van der Waals surface area contributed by atoms with Crippen molar-refractivity contribution in [3.8, 4) is 11.5 Å². The smallest absolute Gasteiger partial charge is 0.236 e. The summed E-state index contributed by atoms with van der Waals surface area (Å²) < 4.78 is 12.2. The molecule has 0 aliphatic carbocycles. The number of benzene rings is 2. The Morgan fingerprint density at radius 3 is 2.64 bits per heavy atom. The summed E-state index contributed by atoms with van der Waals surface area (Å²) in [6, 6.07) is 14.5. The van der Waals surface area contributed by atoms with Gasteiger partial charge in [-0.05, 0) is 50.4 Å². The molecule has 7 heteroatoms. The van der Waals surface area contributed by atoms with E-state index in [1.54, 1.807) is 25.6 Å². The number of ether oxygens (including phenoxy) is 2. The molecule has 6 nitrogen and oxygen atoms in total. The van der Waals surface area contributed by atoms with Gasteiger partial charge in [-0.2, -0.15) is 0 Å². The Bertz CT molecular complexity index is 1090. The van der Waals surface area contributed by atoms with Gasteiger partial charge in [-0.15, -0.1) is 11.3 Å². The molecule has 0 bridgehead atoms. The van der Waals surface area contributed by atoms with E-state index in [1.165, 1.54) is 9.71 Å². The fourth-order valence-electron chi connectivity index (χ4n) is 5.18. The molecule has 3 heterocycles. The molecule has 174 valence electrons. The lowest BCUT2D eigenvalue weighted by molar-refractivity contribution is -0.133. The van der Waals surface area contributed by atoms with E-state index in [1.807, 2.05) is 23.1 Å². The van der Waals surface area contributed by atoms with E-state index in [9.17, 15) is 4.79 Å². The molecule has 0 spiro atoms. The summed E-state index contributed by atoms with van der Waals surface area (Å²) in [5.41, 5.74) is 2.23. The van der Waals surface area contributed by atoms with E-state index >= 15 is 0 Å². The highest BCUT2D eigenvalue weighted by Gasteiger charge is 2.32. The topological polar surface area (TPSA) is 54.9 Å². The molecule has 0 N–H and O–H groups in total. The SMILES string of the molecule is COc1ccc([C@@H]2CCCN2CC(=O)N2CCC(c3nc4ccccc4s3)CC2)c(OC)c1. The van der Waals surface area contributed by atoms with E-state index in [-0.39, 0.29) is 11.9 Å². The molecular formula is C26H31N3O3S. The molecular weight excluding hydrogens is 434 g/mol. The first-order valence-electron chi connectivity index (χ1n) is 11.8. The molecule has 1 amide bonds. The zero-order valence-electron chi connectivity index (χ0n) is 19.3. The molecule has 0 radical (unpaired) electrons. The molecule has 33 heavy (non-hydrogen) atoms. The zero-order valence-corrected chi connectivity index (χ0v) is 20.1. The Morgan fingerprint density at radius 1 is 1.06 bits per heavy atom. The molecule has 2 saturated heterocycles. The Hall–Kier alpha value is -2.64. The zero-order chi connectivity index (χ0) is 22.8. The second kappa shape index (κ2) is 9.69. The van der Waals surface area contributed by atoms with Gasteiger partial charge in [0.05, 0.1) is 36.0 Å². The van der Waals surface area contributed by atoms with Crippen molar-refractivity contribution in [2.24, 2.45) is 0 Å². The first-order valence-corrected chi connectivity index (χ1v) is 12.6. The van der Waals surface area contributed by atoms with Gasteiger partial charge in [-0.3, -0.25) is 9.69 Å². The van der Waals surface area contributed by atoms with Gasteiger partial charge in [0.1, 0.15) is 11.5 Å². The Balaban J connectivity index is 1.21. The maximum absolute atomic E-state index is 13.2. The Labute approximate surface area is 199 Å². The van der Waals surface area contributed by atoms with E-state index in [0.717, 1.165) is 67.9 Å². The summed E-state index contributed by atoms with van der Waals surface area (Å²) in [6.45, 7) is 3.02. The molecule has 5 rings (SSSR count). The van der Waals surface area contributed by atoms with Gasteiger partial charge in [0.15, 0.2) is 0 Å². The van der Waals surface area contributed by atoms with Crippen molar-refractivity contribution in [2.75, 3.05) is 40.4 Å². The fourth-order valence-corrected chi connectivity index (χ4v) is 6.31. The van der Waals surface area contributed by atoms with Crippen molar-refractivity contribution in [3.63, 3.8) is 0 Å². The summed E-state index contributed by atoms with van der Waals surface area (Å²) in [7, 11) is 3.35. The molecule has 3 aromatic rings. The van der Waals surface area contributed by atoms with Crippen LogP contribution in [0.15, 0.2) is 42.5 Å². The number of likely N-dealkylation sites (tertiary alicyclic amines) is 2. The minimum atomic E-state index is 0.204. The number of hydrogen-bond acceptors (Lipinski definition) is 6. The molecule has 2 aliphatic rings. The van der Waals surface area contributed by atoms with Crippen LogP contribution in [0.2, 0.25) is 0 Å². The number of rotatable bonds is 6. The number of piperidine rings is 1. The average Bonchev–Trinajstić information content (AvgIpc) is 3.50. The first kappa shape index (κ1) is 22.2. The van der Waals surface area contributed by atoms with Gasteiger partial charge in [0.25, 0.3) is 0 Å². The molecule has 0 unspecified atom stereocenters. The summed E-state index contributed by atoms with van der Waals surface area (Å²) in [5, 5.41) is 1.22. The van der Waals surface area contributed by atoms with Gasteiger partial charge < -0.3 is 14.4 Å². The molecule has 2 fully saturated rings. The number of thiazole rings is 1. The highest BCUT2D eigenvalue weighted by atomic mass is 32.1. The van der Waals surface area contributed by atoms with Crippen LogP contribution in [-0.4, -0.2) is 61.1 Å².